The van der Waals surface area contributed by atoms with E-state index in [2.05, 4.69) is 35.2 Å². The van der Waals surface area contributed by atoms with E-state index in [4.69, 9.17) is 4.74 Å². The minimum atomic E-state index is -0.584. The lowest BCUT2D eigenvalue weighted by atomic mass is 9.92. The summed E-state index contributed by atoms with van der Waals surface area (Å²) < 4.78 is 5.95. The van der Waals surface area contributed by atoms with Crippen molar-refractivity contribution in [2.24, 2.45) is 11.3 Å². The fourth-order valence-electron chi connectivity index (χ4n) is 3.30. The van der Waals surface area contributed by atoms with E-state index in [0.717, 1.165) is 13.1 Å². The number of nitrogens with zero attached hydrogens (tertiary/aromatic N) is 2. The van der Waals surface area contributed by atoms with Crippen LogP contribution in [-0.4, -0.2) is 48.6 Å². The zero-order valence-electron chi connectivity index (χ0n) is 15.2. The van der Waals surface area contributed by atoms with Gasteiger partial charge in [0.2, 0.25) is 11.8 Å². The number of rotatable bonds is 6. The molecule has 0 radical (unpaired) electrons. The number of amides is 1. The second-order valence-corrected chi connectivity index (χ2v) is 8.12. The summed E-state index contributed by atoms with van der Waals surface area (Å²) in [6, 6.07) is 4.26. The van der Waals surface area contributed by atoms with Crippen LogP contribution in [0.25, 0.3) is 0 Å². The molecule has 1 amide bonds. The molecule has 132 valence electrons. The number of pyridine rings is 1. The largest absolute Gasteiger partial charge is 0.476 e. The number of hydrogen-bond donors (Lipinski definition) is 1. The number of nitrogens with one attached hydrogen (secondary N) is 1. The zero-order valence-corrected chi connectivity index (χ0v) is 15.2. The molecule has 2 aliphatic rings. The molecule has 0 spiro atoms. The van der Waals surface area contributed by atoms with Crippen LogP contribution >= 0.6 is 0 Å². The minimum absolute atomic E-state index is 0.0542. The second kappa shape index (κ2) is 6.71. The molecule has 2 fully saturated rings. The van der Waals surface area contributed by atoms with Crippen LogP contribution in [-0.2, 0) is 4.79 Å². The normalized spacial score (nSPS) is 24.8. The Balaban J connectivity index is 1.58. The SMILES string of the molecule is CC1CN(C)CC1NC(=O)C(C)(C)COc1ncccc1C1CC1. The van der Waals surface area contributed by atoms with Gasteiger partial charge in [0.25, 0.3) is 0 Å². The highest BCUT2D eigenvalue weighted by Gasteiger charge is 2.35. The molecule has 24 heavy (non-hydrogen) atoms. The molecule has 1 N–H and O–H groups in total. The maximum atomic E-state index is 12.7. The predicted octanol–water partition coefficient (Wildman–Crippen LogP) is 2.43. The molecule has 1 aliphatic carbocycles. The number of carbonyl (C=O) groups is 1. The maximum absolute atomic E-state index is 12.7. The van der Waals surface area contributed by atoms with Crippen molar-refractivity contribution < 1.29 is 9.53 Å². The third kappa shape index (κ3) is 3.89. The highest BCUT2D eigenvalue weighted by atomic mass is 16.5. The summed E-state index contributed by atoms with van der Waals surface area (Å²) in [5.41, 5.74) is 0.596. The Labute approximate surface area is 144 Å². The second-order valence-electron chi connectivity index (χ2n) is 8.12. The average molecular weight is 331 g/mol. The molecule has 1 aromatic heterocycles. The first kappa shape index (κ1) is 17.2. The molecule has 1 aliphatic heterocycles. The Morgan fingerprint density at radius 3 is 2.79 bits per heavy atom. The van der Waals surface area contributed by atoms with E-state index in [1.54, 1.807) is 6.20 Å². The van der Waals surface area contributed by atoms with Crippen LogP contribution in [0.1, 0.15) is 45.1 Å². The summed E-state index contributed by atoms with van der Waals surface area (Å²) in [5, 5.41) is 3.20. The van der Waals surface area contributed by atoms with E-state index in [0.29, 0.717) is 24.3 Å². The number of likely N-dealkylation sites (N-methyl/N-ethyl adjacent to an activating group) is 1. The van der Waals surface area contributed by atoms with Crippen LogP contribution in [0.4, 0.5) is 0 Å². The van der Waals surface area contributed by atoms with Crippen molar-refractivity contribution in [2.75, 3.05) is 26.7 Å². The first-order valence-corrected chi connectivity index (χ1v) is 8.94. The van der Waals surface area contributed by atoms with E-state index in [1.165, 1.54) is 18.4 Å². The Morgan fingerprint density at radius 1 is 1.42 bits per heavy atom. The van der Waals surface area contributed by atoms with Crippen molar-refractivity contribution in [3.05, 3.63) is 23.9 Å². The van der Waals surface area contributed by atoms with Crippen LogP contribution < -0.4 is 10.1 Å². The van der Waals surface area contributed by atoms with E-state index in [-0.39, 0.29) is 11.9 Å². The van der Waals surface area contributed by atoms with Gasteiger partial charge in [0.1, 0.15) is 6.61 Å². The average Bonchev–Trinajstić information content (AvgIpc) is 3.32. The highest BCUT2D eigenvalue weighted by molar-refractivity contribution is 5.82. The number of aromatic nitrogens is 1. The van der Waals surface area contributed by atoms with E-state index >= 15 is 0 Å². The number of hydrogen-bond acceptors (Lipinski definition) is 4. The molecule has 2 unspecified atom stereocenters. The molecule has 5 nitrogen and oxygen atoms in total. The van der Waals surface area contributed by atoms with Gasteiger partial charge in [-0.25, -0.2) is 4.98 Å². The summed E-state index contributed by atoms with van der Waals surface area (Å²) in [7, 11) is 2.09. The lowest BCUT2D eigenvalue weighted by molar-refractivity contribution is -0.131. The molecule has 1 saturated carbocycles. The predicted molar refractivity (Wildman–Crippen MR) is 94.1 cm³/mol. The topological polar surface area (TPSA) is 54.5 Å². The minimum Gasteiger partial charge on any atom is -0.476 e. The van der Waals surface area contributed by atoms with Gasteiger partial charge in [0, 0.05) is 30.9 Å². The van der Waals surface area contributed by atoms with Crippen LogP contribution in [0.3, 0.4) is 0 Å². The summed E-state index contributed by atoms with van der Waals surface area (Å²) >= 11 is 0. The summed E-state index contributed by atoms with van der Waals surface area (Å²) in [4.78, 5) is 19.3. The van der Waals surface area contributed by atoms with Crippen molar-refractivity contribution in [1.82, 2.24) is 15.2 Å². The third-order valence-electron chi connectivity index (χ3n) is 5.11. The Morgan fingerprint density at radius 2 is 2.17 bits per heavy atom. The van der Waals surface area contributed by atoms with Crippen molar-refractivity contribution in [2.45, 2.75) is 45.6 Å². The van der Waals surface area contributed by atoms with Gasteiger partial charge in [0.15, 0.2) is 0 Å². The summed E-state index contributed by atoms with van der Waals surface area (Å²) in [6.45, 7) is 8.34. The fourth-order valence-corrected chi connectivity index (χ4v) is 3.30. The maximum Gasteiger partial charge on any atom is 0.229 e. The lowest BCUT2D eigenvalue weighted by Crippen LogP contribution is -2.48. The van der Waals surface area contributed by atoms with Crippen molar-refractivity contribution in [1.29, 1.82) is 0 Å². The van der Waals surface area contributed by atoms with Crippen LogP contribution in [0, 0.1) is 11.3 Å². The van der Waals surface area contributed by atoms with Gasteiger partial charge < -0.3 is 15.0 Å². The fraction of sp³-hybridized carbons (Fsp3) is 0.684. The van der Waals surface area contributed by atoms with E-state index in [9.17, 15) is 4.79 Å². The number of likely N-dealkylation sites (tertiary alicyclic amines) is 1. The summed E-state index contributed by atoms with van der Waals surface area (Å²) in [5.74, 6) is 1.81. The molecule has 2 atom stereocenters. The Hall–Kier alpha value is -1.62. The number of carbonyl (C=O) groups excluding carboxylic acids is 1. The summed E-state index contributed by atoms with van der Waals surface area (Å²) in [6.07, 6.45) is 4.17. The van der Waals surface area contributed by atoms with Gasteiger partial charge in [-0.1, -0.05) is 13.0 Å². The first-order valence-electron chi connectivity index (χ1n) is 8.94. The van der Waals surface area contributed by atoms with E-state index < -0.39 is 5.41 Å². The quantitative estimate of drug-likeness (QED) is 0.870. The first-order chi connectivity index (χ1) is 11.4. The molecular weight excluding hydrogens is 302 g/mol. The van der Waals surface area contributed by atoms with Gasteiger partial charge in [-0.2, -0.15) is 0 Å². The monoisotopic (exact) mass is 331 g/mol. The van der Waals surface area contributed by atoms with Crippen molar-refractivity contribution in [3.8, 4) is 5.88 Å². The smallest absolute Gasteiger partial charge is 0.229 e. The van der Waals surface area contributed by atoms with Gasteiger partial charge >= 0.3 is 0 Å². The van der Waals surface area contributed by atoms with Crippen molar-refractivity contribution in [3.63, 3.8) is 0 Å². The molecule has 2 heterocycles. The molecule has 3 rings (SSSR count). The molecule has 0 bridgehead atoms. The van der Waals surface area contributed by atoms with Gasteiger partial charge in [-0.3, -0.25) is 4.79 Å². The zero-order chi connectivity index (χ0) is 17.3. The van der Waals surface area contributed by atoms with Gasteiger partial charge in [0.05, 0.1) is 5.41 Å². The number of ether oxygens (including phenoxy) is 1. The third-order valence-corrected chi connectivity index (χ3v) is 5.11. The Bertz CT molecular complexity index is 598. The standard InChI is InChI=1S/C19H29N3O2/c1-13-10-22(4)11-16(13)21-18(23)19(2,3)12-24-17-15(14-7-8-14)6-5-9-20-17/h5-6,9,13-14,16H,7-8,10-12H2,1-4H3,(H,21,23). The molecule has 0 aromatic carbocycles. The van der Waals surface area contributed by atoms with Gasteiger partial charge in [-0.15, -0.1) is 0 Å². The highest BCUT2D eigenvalue weighted by Crippen LogP contribution is 2.43. The van der Waals surface area contributed by atoms with Crippen LogP contribution in [0.2, 0.25) is 0 Å². The van der Waals surface area contributed by atoms with Crippen LogP contribution in [0.15, 0.2) is 18.3 Å². The molecule has 1 aromatic rings. The van der Waals surface area contributed by atoms with Gasteiger partial charge in [-0.05, 0) is 51.6 Å². The lowest BCUT2D eigenvalue weighted by Gasteiger charge is -2.27. The van der Waals surface area contributed by atoms with Crippen LogP contribution in [0.5, 0.6) is 5.88 Å². The van der Waals surface area contributed by atoms with Crippen molar-refractivity contribution >= 4 is 5.91 Å². The molecular formula is C19H29N3O2. The molecule has 1 saturated heterocycles. The molecule has 5 heteroatoms. The Kier molecular flexibility index (Phi) is 4.81. The van der Waals surface area contributed by atoms with E-state index in [1.807, 2.05) is 19.9 Å².